The average molecular weight is 797 g/mol. The molecule has 300 valence electrons. The molecule has 0 bridgehead atoms. The smallest absolute Gasteiger partial charge is 0.407 e. The van der Waals surface area contributed by atoms with E-state index < -0.39 is 70.4 Å². The summed E-state index contributed by atoms with van der Waals surface area (Å²) in [5, 5.41) is 21.6. The van der Waals surface area contributed by atoms with Crippen LogP contribution < -0.4 is 21.7 Å². The summed E-state index contributed by atoms with van der Waals surface area (Å²) >= 11 is 1.33. The Morgan fingerprint density at radius 1 is 1.13 bits per heavy atom. The lowest BCUT2D eigenvalue weighted by atomic mass is 9.89. The highest BCUT2D eigenvalue weighted by Crippen LogP contribution is 2.38. The number of rotatable bonds is 16. The molecular formula is C37H54F2N6O7S2. The zero-order valence-electron chi connectivity index (χ0n) is 31.9. The number of benzene rings is 2. The van der Waals surface area contributed by atoms with E-state index in [0.717, 1.165) is 22.9 Å². The Kier molecular flexibility index (Phi) is 13.3. The van der Waals surface area contributed by atoms with Gasteiger partial charge in [0, 0.05) is 25.2 Å². The summed E-state index contributed by atoms with van der Waals surface area (Å²) in [6, 6.07) is 6.44. The van der Waals surface area contributed by atoms with E-state index in [1.54, 1.807) is 12.1 Å². The number of anilines is 1. The molecule has 54 heavy (non-hydrogen) atoms. The monoisotopic (exact) mass is 796 g/mol. The van der Waals surface area contributed by atoms with Crippen molar-refractivity contribution in [3.05, 3.63) is 53.6 Å². The van der Waals surface area contributed by atoms with Gasteiger partial charge in [0.05, 0.1) is 46.4 Å². The fourth-order valence-electron chi connectivity index (χ4n) is 6.69. The molecule has 2 saturated heterocycles. The second-order valence-corrected chi connectivity index (χ2v) is 19.2. The van der Waals surface area contributed by atoms with Crippen LogP contribution >= 0.6 is 11.3 Å². The minimum atomic E-state index is -4.19. The number of aliphatic hydroxyl groups is 1. The molecule has 0 spiro atoms. The lowest BCUT2D eigenvalue weighted by Crippen LogP contribution is -2.62. The van der Waals surface area contributed by atoms with E-state index in [0.29, 0.717) is 28.0 Å². The van der Waals surface area contributed by atoms with Gasteiger partial charge in [-0.25, -0.2) is 27.0 Å². The molecule has 0 saturated carbocycles. The number of aliphatic hydroxyl groups excluding tert-OH is 1. The number of fused-ring (bicyclic) bond motifs is 2. The Bertz CT molecular complexity index is 1850. The summed E-state index contributed by atoms with van der Waals surface area (Å²) in [5.74, 6) is -2.39. The Morgan fingerprint density at radius 3 is 2.48 bits per heavy atom. The van der Waals surface area contributed by atoms with Gasteiger partial charge in [-0.2, -0.15) is 4.31 Å². The zero-order valence-corrected chi connectivity index (χ0v) is 33.5. The van der Waals surface area contributed by atoms with Crippen molar-refractivity contribution in [2.45, 2.75) is 102 Å². The summed E-state index contributed by atoms with van der Waals surface area (Å²) in [6.07, 6.45) is -3.44. The Balaban J connectivity index is 1.36. The number of halogens is 2. The van der Waals surface area contributed by atoms with E-state index >= 15 is 0 Å². The quantitative estimate of drug-likeness (QED) is 0.126. The number of amides is 1. The number of aromatic nitrogens is 1. The molecule has 3 heterocycles. The molecule has 13 nitrogen and oxygen atoms in total. The molecule has 2 aliphatic heterocycles. The predicted octanol–water partition coefficient (Wildman–Crippen LogP) is 4.79. The van der Waals surface area contributed by atoms with Crippen molar-refractivity contribution in [1.29, 1.82) is 0 Å². The summed E-state index contributed by atoms with van der Waals surface area (Å²) < 4.78 is 76.1. The fourth-order valence-corrected chi connectivity index (χ4v) is 9.46. The van der Waals surface area contributed by atoms with E-state index in [1.165, 1.54) is 17.4 Å². The number of hydrogen-bond acceptors (Lipinski definition) is 12. The first kappa shape index (κ1) is 42.1. The normalized spacial score (nSPS) is 23.0. The number of carbonyl (C=O) groups excluding carboxylic acids is 1. The summed E-state index contributed by atoms with van der Waals surface area (Å²) in [6.45, 7) is 14.3. The minimum absolute atomic E-state index is 0.00449. The van der Waals surface area contributed by atoms with Crippen molar-refractivity contribution in [3.8, 4) is 0 Å². The molecule has 6 atom stereocenters. The van der Waals surface area contributed by atoms with Gasteiger partial charge in [-0.1, -0.05) is 46.0 Å². The van der Waals surface area contributed by atoms with Crippen molar-refractivity contribution in [1.82, 2.24) is 19.9 Å². The van der Waals surface area contributed by atoms with Crippen LogP contribution in [0.5, 0.6) is 0 Å². The molecule has 1 amide bonds. The molecule has 3 aromatic rings. The van der Waals surface area contributed by atoms with Gasteiger partial charge in [0.25, 0.3) is 0 Å². The van der Waals surface area contributed by atoms with Gasteiger partial charge < -0.3 is 35.7 Å². The van der Waals surface area contributed by atoms with Crippen LogP contribution in [0, 0.1) is 28.9 Å². The number of carbonyl (C=O) groups is 1. The van der Waals surface area contributed by atoms with Gasteiger partial charge in [0.2, 0.25) is 10.0 Å². The summed E-state index contributed by atoms with van der Waals surface area (Å²) in [7, 11) is -4.19. The number of nitrogens with one attached hydrogen (secondary N) is 3. The standard InChI is InChI=1S/C37H54F2N6O7S2/c1-21(2)17-45(54(48,49)26-8-9-27-31(16-26)53-34(43-27)42-22(3)4)18-29(46)28(14-23-12-24(38)15-25(39)13-23)44-35(47)52-30-19-50-33-32(30)37(40,20-51-33)41-11-10-36(5,6)7/h8-9,12-13,15-16,21-22,28-30,32-33,41,46H,10-11,14,17-20,40H2,1-7H3,(H,42,43)(H,44,47)/t28-,29+,30-,32-,33-,37-/m0/s1. The van der Waals surface area contributed by atoms with E-state index in [4.69, 9.17) is 19.9 Å². The van der Waals surface area contributed by atoms with Crippen LogP contribution in [-0.2, 0) is 30.7 Å². The van der Waals surface area contributed by atoms with E-state index in [-0.39, 0.29) is 54.0 Å². The van der Waals surface area contributed by atoms with Crippen LogP contribution in [0.15, 0.2) is 41.3 Å². The van der Waals surface area contributed by atoms with Crippen LogP contribution in [0.3, 0.4) is 0 Å². The first-order valence-electron chi connectivity index (χ1n) is 18.3. The predicted molar refractivity (Wildman–Crippen MR) is 203 cm³/mol. The molecule has 17 heteroatoms. The van der Waals surface area contributed by atoms with Crippen LogP contribution in [-0.4, -0.2) is 98.0 Å². The van der Waals surface area contributed by atoms with Crippen LogP contribution in [0.1, 0.15) is 60.5 Å². The average Bonchev–Trinajstić information content (AvgIpc) is 3.73. The third kappa shape index (κ3) is 10.6. The summed E-state index contributed by atoms with van der Waals surface area (Å²) in [4.78, 5) is 18.1. The van der Waals surface area contributed by atoms with Crippen molar-refractivity contribution in [2.75, 3.05) is 38.2 Å². The highest BCUT2D eigenvalue weighted by Gasteiger charge is 2.57. The number of nitrogens with two attached hydrogens (primary N) is 1. The maximum absolute atomic E-state index is 14.3. The van der Waals surface area contributed by atoms with Crippen LogP contribution in [0.25, 0.3) is 10.2 Å². The molecule has 0 unspecified atom stereocenters. The fraction of sp³-hybridized carbons (Fsp3) is 0.622. The maximum Gasteiger partial charge on any atom is 0.407 e. The van der Waals surface area contributed by atoms with Crippen molar-refractivity contribution >= 4 is 42.8 Å². The highest BCUT2D eigenvalue weighted by atomic mass is 32.2. The van der Waals surface area contributed by atoms with Gasteiger partial charge in [0.15, 0.2) is 11.4 Å². The first-order valence-corrected chi connectivity index (χ1v) is 20.5. The topological polar surface area (TPSA) is 177 Å². The van der Waals surface area contributed by atoms with E-state index in [9.17, 15) is 27.1 Å². The number of sulfonamides is 1. The Hall–Kier alpha value is -3.03. The SMILES string of the molecule is CC(C)CN(C[C@@H](O)[C@H](Cc1cc(F)cc(F)c1)NC(=O)O[C@H]1CO[C@H]2OC[C@](N)(NCCC(C)(C)C)[C@H]21)S(=O)(=O)c1ccc2nc(NC(C)C)sc2c1. The molecule has 0 radical (unpaired) electrons. The lowest BCUT2D eigenvalue weighted by Gasteiger charge is -2.34. The Morgan fingerprint density at radius 2 is 1.83 bits per heavy atom. The van der Waals surface area contributed by atoms with Crippen molar-refractivity contribution < 1.29 is 41.3 Å². The van der Waals surface area contributed by atoms with Gasteiger partial charge >= 0.3 is 6.09 Å². The molecule has 1 aromatic heterocycles. The van der Waals surface area contributed by atoms with Crippen LogP contribution in [0.2, 0.25) is 0 Å². The zero-order chi connectivity index (χ0) is 39.6. The third-order valence-corrected chi connectivity index (χ3v) is 12.1. The number of thiazole rings is 1. The van der Waals surface area contributed by atoms with E-state index in [2.05, 4.69) is 41.7 Å². The first-order chi connectivity index (χ1) is 25.2. The Labute approximate surface area is 320 Å². The maximum atomic E-state index is 14.3. The molecule has 2 aliphatic rings. The summed E-state index contributed by atoms with van der Waals surface area (Å²) in [5.41, 5.74) is 6.53. The number of ether oxygens (including phenoxy) is 3. The molecule has 5 rings (SSSR count). The lowest BCUT2D eigenvalue weighted by molar-refractivity contribution is -0.0910. The van der Waals surface area contributed by atoms with Gasteiger partial charge in [0.1, 0.15) is 23.4 Å². The molecular weight excluding hydrogens is 743 g/mol. The minimum Gasteiger partial charge on any atom is -0.443 e. The highest BCUT2D eigenvalue weighted by molar-refractivity contribution is 7.89. The largest absolute Gasteiger partial charge is 0.443 e. The van der Waals surface area contributed by atoms with Crippen LogP contribution in [0.4, 0.5) is 18.7 Å². The van der Waals surface area contributed by atoms with Crippen molar-refractivity contribution in [2.24, 2.45) is 23.0 Å². The van der Waals surface area contributed by atoms with E-state index in [1.807, 2.05) is 27.7 Å². The number of alkyl carbamates (subject to hydrolysis) is 1. The molecule has 6 N–H and O–H groups in total. The van der Waals surface area contributed by atoms with Gasteiger partial charge in [-0.05, 0) is 80.5 Å². The van der Waals surface area contributed by atoms with Gasteiger partial charge in [-0.15, -0.1) is 0 Å². The molecule has 0 aliphatic carbocycles. The molecule has 2 fully saturated rings. The number of hydrogen-bond donors (Lipinski definition) is 5. The van der Waals surface area contributed by atoms with Gasteiger partial charge in [-0.3, -0.25) is 5.32 Å². The second kappa shape index (κ2) is 17.0. The number of nitrogens with zero attached hydrogens (tertiary/aromatic N) is 2. The molecule has 2 aromatic carbocycles. The second-order valence-electron chi connectivity index (χ2n) is 16.2. The third-order valence-electron chi connectivity index (χ3n) is 9.30. The van der Waals surface area contributed by atoms with Crippen molar-refractivity contribution in [3.63, 3.8) is 0 Å².